The minimum absolute atomic E-state index is 0.112. The number of nitrogens with one attached hydrogen (secondary N) is 1. The van der Waals surface area contributed by atoms with E-state index in [2.05, 4.69) is 27.9 Å². The summed E-state index contributed by atoms with van der Waals surface area (Å²) in [4.78, 5) is 16.3. The van der Waals surface area contributed by atoms with Crippen LogP contribution in [0.15, 0.2) is 42.5 Å². The molecule has 1 amide bonds. The van der Waals surface area contributed by atoms with Crippen molar-refractivity contribution in [3.63, 3.8) is 0 Å². The number of aromatic nitrogens is 2. The number of hydrogen-bond donors (Lipinski definition) is 1. The van der Waals surface area contributed by atoms with Crippen LogP contribution in [0.4, 0.5) is 0 Å². The van der Waals surface area contributed by atoms with Gasteiger partial charge in [-0.2, -0.15) is 5.26 Å². The molecule has 0 atom stereocenters. The molecule has 3 rings (SSSR count). The molecule has 0 saturated carbocycles. The number of carbonyl (C=O) groups excluding carboxylic acids is 1. The zero-order valence-electron chi connectivity index (χ0n) is 13.0. The van der Waals surface area contributed by atoms with E-state index in [9.17, 15) is 4.79 Å². The van der Waals surface area contributed by atoms with E-state index in [-0.39, 0.29) is 5.91 Å². The highest BCUT2D eigenvalue weighted by Gasteiger charge is 2.12. The lowest BCUT2D eigenvalue weighted by Crippen LogP contribution is -2.17. The third-order valence-corrected chi connectivity index (χ3v) is 3.83. The van der Waals surface area contributed by atoms with E-state index in [0.717, 1.165) is 29.0 Å². The van der Waals surface area contributed by atoms with Gasteiger partial charge in [-0.1, -0.05) is 12.1 Å². The number of aryl methyl sites for hydroxylation is 1. The van der Waals surface area contributed by atoms with Crippen LogP contribution in [0.2, 0.25) is 0 Å². The number of fused-ring (bicyclic) bond motifs is 1. The van der Waals surface area contributed by atoms with Gasteiger partial charge >= 0.3 is 0 Å². The fourth-order valence-corrected chi connectivity index (χ4v) is 2.65. The summed E-state index contributed by atoms with van der Waals surface area (Å²) in [5, 5.41) is 11.6. The fraction of sp³-hybridized carbons (Fsp3) is 0.167. The van der Waals surface area contributed by atoms with E-state index in [0.29, 0.717) is 11.1 Å². The molecule has 0 aliphatic rings. The number of nitrogens with zero attached hydrogens (tertiary/aromatic N) is 3. The predicted octanol–water partition coefficient (Wildman–Crippen LogP) is 2.95. The molecule has 0 bridgehead atoms. The normalized spacial score (nSPS) is 10.5. The third-order valence-electron chi connectivity index (χ3n) is 3.83. The van der Waals surface area contributed by atoms with Crippen molar-refractivity contribution >= 4 is 16.9 Å². The largest absolute Gasteiger partial charge is 0.355 e. The average Bonchev–Trinajstić information content (AvgIpc) is 2.98. The van der Waals surface area contributed by atoms with Crippen molar-refractivity contribution in [3.05, 3.63) is 53.6 Å². The van der Waals surface area contributed by atoms with Crippen LogP contribution in [0.5, 0.6) is 0 Å². The number of amides is 1. The lowest BCUT2D eigenvalue weighted by atomic mass is 10.1. The van der Waals surface area contributed by atoms with Gasteiger partial charge in [0.05, 0.1) is 22.7 Å². The first-order valence-corrected chi connectivity index (χ1v) is 7.40. The molecule has 0 fully saturated rings. The van der Waals surface area contributed by atoms with Gasteiger partial charge in [-0.25, -0.2) is 4.98 Å². The topological polar surface area (TPSA) is 70.7 Å². The Balaban J connectivity index is 2.12. The van der Waals surface area contributed by atoms with Gasteiger partial charge < -0.3 is 9.88 Å². The zero-order chi connectivity index (χ0) is 16.4. The maximum absolute atomic E-state index is 11.6. The van der Waals surface area contributed by atoms with Crippen molar-refractivity contribution in [3.8, 4) is 17.5 Å². The molecule has 3 aromatic rings. The molecule has 0 aliphatic heterocycles. The number of hydrogen-bond acceptors (Lipinski definition) is 3. The second-order valence-corrected chi connectivity index (χ2v) is 5.15. The van der Waals surface area contributed by atoms with Gasteiger partial charge in [0.15, 0.2) is 0 Å². The molecule has 1 N–H and O–H groups in total. The lowest BCUT2D eigenvalue weighted by Gasteiger charge is -2.07. The zero-order valence-corrected chi connectivity index (χ0v) is 13.0. The number of imidazole rings is 1. The van der Waals surface area contributed by atoms with Gasteiger partial charge in [0.2, 0.25) is 0 Å². The van der Waals surface area contributed by atoms with Crippen molar-refractivity contribution in [2.75, 3.05) is 7.05 Å². The predicted molar refractivity (Wildman–Crippen MR) is 88.9 cm³/mol. The van der Waals surface area contributed by atoms with Gasteiger partial charge in [-0.15, -0.1) is 0 Å². The number of benzene rings is 2. The fourth-order valence-electron chi connectivity index (χ4n) is 2.65. The van der Waals surface area contributed by atoms with Gasteiger partial charge in [0.1, 0.15) is 5.82 Å². The first kappa shape index (κ1) is 14.8. The second-order valence-electron chi connectivity index (χ2n) is 5.15. The van der Waals surface area contributed by atoms with Crippen LogP contribution in [0, 0.1) is 11.3 Å². The van der Waals surface area contributed by atoms with Crippen LogP contribution in [0.3, 0.4) is 0 Å². The van der Waals surface area contributed by atoms with Gasteiger partial charge in [0, 0.05) is 24.7 Å². The van der Waals surface area contributed by atoms with Crippen LogP contribution >= 0.6 is 0 Å². The highest BCUT2D eigenvalue weighted by Crippen LogP contribution is 2.25. The van der Waals surface area contributed by atoms with Crippen molar-refractivity contribution < 1.29 is 4.79 Å². The summed E-state index contributed by atoms with van der Waals surface area (Å²) >= 11 is 0. The summed E-state index contributed by atoms with van der Waals surface area (Å²) < 4.78 is 2.10. The summed E-state index contributed by atoms with van der Waals surface area (Å²) in [5.41, 5.74) is 3.95. The summed E-state index contributed by atoms with van der Waals surface area (Å²) in [5.74, 6) is 0.722. The summed E-state index contributed by atoms with van der Waals surface area (Å²) in [6.45, 7) is 2.83. The molecule has 0 unspecified atom stereocenters. The molecule has 5 nitrogen and oxygen atoms in total. The first-order chi connectivity index (χ1) is 11.2. The summed E-state index contributed by atoms with van der Waals surface area (Å²) in [7, 11) is 1.61. The molecule has 0 spiro atoms. The van der Waals surface area contributed by atoms with Crippen LogP contribution in [-0.4, -0.2) is 22.5 Å². The molecule has 1 aromatic heterocycles. The number of rotatable bonds is 3. The molecule has 23 heavy (non-hydrogen) atoms. The lowest BCUT2D eigenvalue weighted by molar-refractivity contribution is 0.0963. The van der Waals surface area contributed by atoms with E-state index >= 15 is 0 Å². The van der Waals surface area contributed by atoms with Crippen LogP contribution in [-0.2, 0) is 6.54 Å². The molecule has 5 heteroatoms. The minimum atomic E-state index is -0.112. The molecular formula is C18H16N4O. The molecule has 0 radical (unpaired) electrons. The Hall–Kier alpha value is -3.13. The molecule has 0 aliphatic carbocycles. The highest BCUT2D eigenvalue weighted by molar-refractivity contribution is 5.94. The average molecular weight is 304 g/mol. The van der Waals surface area contributed by atoms with Crippen LogP contribution in [0.25, 0.3) is 22.4 Å². The third kappa shape index (κ3) is 2.55. The van der Waals surface area contributed by atoms with Gasteiger partial charge in [0.25, 0.3) is 5.91 Å². The minimum Gasteiger partial charge on any atom is -0.355 e. The maximum atomic E-state index is 11.6. The summed E-state index contributed by atoms with van der Waals surface area (Å²) in [6.07, 6.45) is 0. The van der Waals surface area contributed by atoms with Crippen molar-refractivity contribution in [1.82, 2.24) is 14.9 Å². The van der Waals surface area contributed by atoms with Crippen molar-refractivity contribution in [2.24, 2.45) is 0 Å². The SMILES string of the molecule is CCn1c(-c2ccc(C(=O)NC)cc2)nc2cc(C#N)ccc21. The molecule has 0 saturated heterocycles. The smallest absolute Gasteiger partial charge is 0.251 e. The van der Waals surface area contributed by atoms with E-state index in [1.165, 1.54) is 0 Å². The van der Waals surface area contributed by atoms with Crippen LogP contribution in [0.1, 0.15) is 22.8 Å². The quantitative estimate of drug-likeness (QED) is 0.808. The Labute approximate surface area is 134 Å². The van der Waals surface area contributed by atoms with E-state index in [1.54, 1.807) is 31.3 Å². The molecule has 2 aromatic carbocycles. The first-order valence-electron chi connectivity index (χ1n) is 7.40. The Morgan fingerprint density at radius 1 is 1.26 bits per heavy atom. The van der Waals surface area contributed by atoms with Crippen molar-refractivity contribution in [1.29, 1.82) is 5.26 Å². The van der Waals surface area contributed by atoms with E-state index in [4.69, 9.17) is 5.26 Å². The second kappa shape index (κ2) is 5.93. The van der Waals surface area contributed by atoms with Crippen LogP contribution < -0.4 is 5.32 Å². The monoisotopic (exact) mass is 304 g/mol. The van der Waals surface area contributed by atoms with Gasteiger partial charge in [-0.3, -0.25) is 4.79 Å². The van der Waals surface area contributed by atoms with Gasteiger partial charge in [-0.05, 0) is 37.3 Å². The Bertz CT molecular complexity index is 917. The standard InChI is InChI=1S/C18H16N4O/c1-3-22-16-9-4-12(11-19)10-15(16)21-17(22)13-5-7-14(8-6-13)18(23)20-2/h4-10H,3H2,1-2H3,(H,20,23). The van der Waals surface area contributed by atoms with E-state index < -0.39 is 0 Å². The number of carbonyl (C=O) groups is 1. The molecule has 1 heterocycles. The molecular weight excluding hydrogens is 288 g/mol. The Kier molecular flexibility index (Phi) is 3.82. The van der Waals surface area contributed by atoms with Crippen molar-refractivity contribution in [2.45, 2.75) is 13.5 Å². The highest BCUT2D eigenvalue weighted by atomic mass is 16.1. The molecule has 114 valence electrons. The summed E-state index contributed by atoms with van der Waals surface area (Å²) in [6, 6.07) is 15.0. The Morgan fingerprint density at radius 2 is 2.00 bits per heavy atom. The van der Waals surface area contributed by atoms with E-state index in [1.807, 2.05) is 18.2 Å². The Morgan fingerprint density at radius 3 is 2.61 bits per heavy atom. The number of nitriles is 1. The maximum Gasteiger partial charge on any atom is 0.251 e.